The lowest BCUT2D eigenvalue weighted by Crippen LogP contribution is -2.34. The smallest absolute Gasteiger partial charge is 0.339 e. The number of aromatic hydroxyl groups is 1. The Morgan fingerprint density at radius 1 is 1.00 bits per heavy atom. The first kappa shape index (κ1) is 16.3. The van der Waals surface area contributed by atoms with E-state index in [1.54, 1.807) is 30.3 Å². The molecule has 0 atom stereocenters. The van der Waals surface area contributed by atoms with Crippen LogP contribution >= 0.6 is 0 Å². The van der Waals surface area contributed by atoms with Gasteiger partial charge in [-0.25, -0.2) is 4.79 Å². The van der Waals surface area contributed by atoms with Crippen LogP contribution in [-0.2, 0) is 10.3 Å². The standard InChI is InChI=1S/C21H22O3/c1-2-16-6-8-17(9-7-16)20(23)24-21(14-4-3-5-15-21)18-10-12-19(22)13-11-18/h2,6-13,22H,1,3-5,14-15H2. The number of rotatable bonds is 4. The molecular weight excluding hydrogens is 300 g/mol. The van der Waals surface area contributed by atoms with Gasteiger partial charge in [-0.1, -0.05) is 43.3 Å². The maximum absolute atomic E-state index is 12.7. The summed E-state index contributed by atoms with van der Waals surface area (Å²) in [5.74, 6) is -0.0864. The maximum atomic E-state index is 12.7. The first-order chi connectivity index (χ1) is 11.6. The van der Waals surface area contributed by atoms with Crippen molar-refractivity contribution in [3.05, 3.63) is 71.8 Å². The van der Waals surface area contributed by atoms with E-state index in [4.69, 9.17) is 4.74 Å². The quantitative estimate of drug-likeness (QED) is 0.801. The molecule has 0 aliphatic heterocycles. The second-order valence-corrected chi connectivity index (χ2v) is 6.32. The van der Waals surface area contributed by atoms with Crippen LogP contribution in [0.2, 0.25) is 0 Å². The summed E-state index contributed by atoms with van der Waals surface area (Å²) < 4.78 is 6.02. The molecule has 124 valence electrons. The van der Waals surface area contributed by atoms with Crippen molar-refractivity contribution in [2.45, 2.75) is 37.7 Å². The number of carbonyl (C=O) groups is 1. The Bertz CT molecular complexity index is 708. The molecule has 3 nitrogen and oxygen atoms in total. The van der Waals surface area contributed by atoms with Gasteiger partial charge in [-0.05, 0) is 61.1 Å². The fraction of sp³-hybridized carbons (Fsp3) is 0.286. The van der Waals surface area contributed by atoms with E-state index in [0.717, 1.165) is 43.2 Å². The summed E-state index contributed by atoms with van der Waals surface area (Å²) in [6.07, 6.45) is 6.59. The minimum Gasteiger partial charge on any atom is -0.508 e. The van der Waals surface area contributed by atoms with E-state index in [1.165, 1.54) is 0 Å². The molecule has 0 unspecified atom stereocenters. The van der Waals surface area contributed by atoms with Crippen molar-refractivity contribution in [2.75, 3.05) is 0 Å². The fourth-order valence-electron chi connectivity index (χ4n) is 3.33. The summed E-state index contributed by atoms with van der Waals surface area (Å²) in [5.41, 5.74) is 1.87. The Hall–Kier alpha value is -2.55. The summed E-state index contributed by atoms with van der Waals surface area (Å²) in [7, 11) is 0. The Kier molecular flexibility index (Phi) is 4.70. The molecule has 0 amide bonds. The number of phenols is 1. The summed E-state index contributed by atoms with van der Waals surface area (Å²) in [6, 6.07) is 14.3. The third-order valence-corrected chi connectivity index (χ3v) is 4.72. The van der Waals surface area contributed by atoms with E-state index in [9.17, 15) is 9.90 Å². The second-order valence-electron chi connectivity index (χ2n) is 6.32. The average Bonchev–Trinajstić information content (AvgIpc) is 2.63. The monoisotopic (exact) mass is 322 g/mol. The minimum absolute atomic E-state index is 0.219. The first-order valence-electron chi connectivity index (χ1n) is 8.38. The van der Waals surface area contributed by atoms with Crippen molar-refractivity contribution in [1.82, 2.24) is 0 Å². The molecule has 0 bridgehead atoms. The molecule has 0 radical (unpaired) electrons. The molecule has 1 aliphatic carbocycles. The predicted octanol–water partition coefficient (Wildman–Crippen LogP) is 5.05. The molecule has 24 heavy (non-hydrogen) atoms. The van der Waals surface area contributed by atoms with Crippen LogP contribution < -0.4 is 0 Å². The third kappa shape index (κ3) is 3.35. The van der Waals surface area contributed by atoms with E-state index in [1.807, 2.05) is 24.3 Å². The van der Waals surface area contributed by atoms with Crippen LogP contribution in [0.4, 0.5) is 0 Å². The Morgan fingerprint density at radius 3 is 2.21 bits per heavy atom. The van der Waals surface area contributed by atoms with Gasteiger partial charge in [-0.2, -0.15) is 0 Å². The summed E-state index contributed by atoms with van der Waals surface area (Å²) in [6.45, 7) is 3.72. The molecule has 1 fully saturated rings. The largest absolute Gasteiger partial charge is 0.508 e. The van der Waals surface area contributed by atoms with Gasteiger partial charge >= 0.3 is 5.97 Å². The van der Waals surface area contributed by atoms with Crippen molar-refractivity contribution in [3.63, 3.8) is 0 Å². The van der Waals surface area contributed by atoms with Crippen LogP contribution in [-0.4, -0.2) is 11.1 Å². The molecule has 0 heterocycles. The van der Waals surface area contributed by atoms with Crippen LogP contribution in [0.3, 0.4) is 0 Å². The van der Waals surface area contributed by atoms with Gasteiger partial charge in [0.25, 0.3) is 0 Å². The lowest BCUT2D eigenvalue weighted by atomic mass is 9.79. The van der Waals surface area contributed by atoms with Crippen molar-refractivity contribution in [2.24, 2.45) is 0 Å². The molecule has 3 heteroatoms. The maximum Gasteiger partial charge on any atom is 0.339 e. The number of carbonyl (C=O) groups excluding carboxylic acids is 1. The highest BCUT2D eigenvalue weighted by atomic mass is 16.6. The lowest BCUT2D eigenvalue weighted by Gasteiger charge is -2.37. The Morgan fingerprint density at radius 2 is 1.62 bits per heavy atom. The minimum atomic E-state index is -0.597. The van der Waals surface area contributed by atoms with Gasteiger partial charge < -0.3 is 9.84 Å². The third-order valence-electron chi connectivity index (χ3n) is 4.72. The van der Waals surface area contributed by atoms with Crippen molar-refractivity contribution < 1.29 is 14.6 Å². The molecule has 2 aromatic carbocycles. The van der Waals surface area contributed by atoms with Gasteiger partial charge in [0.15, 0.2) is 0 Å². The molecule has 0 saturated heterocycles. The zero-order chi connectivity index (χ0) is 17.0. The van der Waals surface area contributed by atoms with Crippen molar-refractivity contribution in [1.29, 1.82) is 0 Å². The number of hydrogen-bond donors (Lipinski definition) is 1. The van der Waals surface area contributed by atoms with Crippen LogP contribution in [0.15, 0.2) is 55.1 Å². The van der Waals surface area contributed by atoms with Gasteiger partial charge in [0.05, 0.1) is 5.56 Å². The zero-order valence-corrected chi connectivity index (χ0v) is 13.7. The second kappa shape index (κ2) is 6.91. The highest BCUT2D eigenvalue weighted by molar-refractivity contribution is 5.90. The van der Waals surface area contributed by atoms with Crippen LogP contribution in [0.25, 0.3) is 6.08 Å². The van der Waals surface area contributed by atoms with E-state index >= 15 is 0 Å². The van der Waals surface area contributed by atoms with E-state index in [0.29, 0.717) is 5.56 Å². The van der Waals surface area contributed by atoms with Gasteiger partial charge in [0, 0.05) is 0 Å². The number of ether oxygens (including phenoxy) is 1. The first-order valence-corrected chi connectivity index (χ1v) is 8.38. The molecule has 1 N–H and O–H groups in total. The van der Waals surface area contributed by atoms with Crippen LogP contribution in [0.5, 0.6) is 5.75 Å². The van der Waals surface area contributed by atoms with Gasteiger partial charge in [0.1, 0.15) is 11.4 Å². The highest BCUT2D eigenvalue weighted by Gasteiger charge is 2.38. The number of benzene rings is 2. The molecule has 0 spiro atoms. The van der Waals surface area contributed by atoms with Crippen molar-refractivity contribution >= 4 is 12.0 Å². The normalized spacial score (nSPS) is 16.3. The van der Waals surface area contributed by atoms with E-state index < -0.39 is 5.60 Å². The average molecular weight is 322 g/mol. The van der Waals surface area contributed by atoms with E-state index in [2.05, 4.69) is 6.58 Å². The molecular formula is C21H22O3. The molecule has 1 aliphatic rings. The number of phenolic OH excluding ortho intramolecular Hbond substituents is 1. The number of esters is 1. The molecule has 2 aromatic rings. The summed E-state index contributed by atoms with van der Waals surface area (Å²) >= 11 is 0. The van der Waals surface area contributed by atoms with Gasteiger partial charge in [0.2, 0.25) is 0 Å². The molecule has 3 rings (SSSR count). The van der Waals surface area contributed by atoms with Crippen LogP contribution in [0, 0.1) is 0 Å². The Labute approximate surface area is 142 Å². The van der Waals surface area contributed by atoms with Crippen LogP contribution in [0.1, 0.15) is 53.6 Å². The molecule has 1 saturated carbocycles. The topological polar surface area (TPSA) is 46.5 Å². The van der Waals surface area contributed by atoms with E-state index in [-0.39, 0.29) is 11.7 Å². The summed E-state index contributed by atoms with van der Waals surface area (Å²) in [5, 5.41) is 9.53. The molecule has 0 aromatic heterocycles. The van der Waals surface area contributed by atoms with Gasteiger partial charge in [-0.3, -0.25) is 0 Å². The predicted molar refractivity (Wildman–Crippen MR) is 94.8 cm³/mol. The van der Waals surface area contributed by atoms with Crippen molar-refractivity contribution in [3.8, 4) is 5.75 Å². The lowest BCUT2D eigenvalue weighted by molar-refractivity contribution is -0.0416. The summed E-state index contributed by atoms with van der Waals surface area (Å²) in [4.78, 5) is 12.7. The SMILES string of the molecule is C=Cc1ccc(C(=O)OC2(c3ccc(O)cc3)CCCCC2)cc1. The fourth-order valence-corrected chi connectivity index (χ4v) is 3.33. The van der Waals surface area contributed by atoms with Gasteiger partial charge in [-0.15, -0.1) is 0 Å². The Balaban J connectivity index is 1.87. The number of hydrogen-bond acceptors (Lipinski definition) is 3. The zero-order valence-electron chi connectivity index (χ0n) is 13.7. The highest BCUT2D eigenvalue weighted by Crippen LogP contribution is 2.41.